The highest BCUT2D eigenvalue weighted by atomic mass is 16.6. The Morgan fingerprint density at radius 1 is 1.46 bits per heavy atom. The molecule has 0 aliphatic heterocycles. The molecule has 1 N–H and O–H groups in total. The first-order valence-corrected chi connectivity index (χ1v) is 8.19. The maximum absolute atomic E-state index is 11.5. The molecule has 0 aliphatic carbocycles. The Balaban J connectivity index is 2.49. The van der Waals surface area contributed by atoms with E-state index in [1.54, 1.807) is 17.0 Å². The molecule has 1 unspecified atom stereocenters. The van der Waals surface area contributed by atoms with Crippen LogP contribution in [0, 0.1) is 17.0 Å². The summed E-state index contributed by atoms with van der Waals surface area (Å²) in [4.78, 5) is 23.9. The second-order valence-electron chi connectivity index (χ2n) is 5.77. The smallest absolute Gasteiger partial charge is 0.409 e. The van der Waals surface area contributed by atoms with E-state index in [9.17, 15) is 14.9 Å². The van der Waals surface area contributed by atoms with Gasteiger partial charge in [-0.1, -0.05) is 12.1 Å². The van der Waals surface area contributed by atoms with Crippen LogP contribution in [-0.2, 0) is 11.2 Å². The number of benzene rings is 1. The summed E-state index contributed by atoms with van der Waals surface area (Å²) < 4.78 is 4.71. The molecule has 1 aromatic rings. The number of carbonyl (C=O) groups excluding carboxylic acids is 1. The van der Waals surface area contributed by atoms with Crippen LogP contribution >= 0.6 is 0 Å². The summed E-state index contributed by atoms with van der Waals surface area (Å²) in [5, 5.41) is 14.5. The molecule has 0 aliphatic rings. The highest BCUT2D eigenvalue weighted by molar-refractivity contribution is 5.67. The molecule has 0 saturated carbocycles. The van der Waals surface area contributed by atoms with Crippen LogP contribution in [0.5, 0.6) is 0 Å². The lowest BCUT2D eigenvalue weighted by Crippen LogP contribution is -2.39. The van der Waals surface area contributed by atoms with Gasteiger partial charge in [0.05, 0.1) is 12.0 Å². The van der Waals surface area contributed by atoms with Gasteiger partial charge in [0.2, 0.25) is 0 Å². The van der Waals surface area contributed by atoms with E-state index in [0.29, 0.717) is 26.1 Å². The van der Waals surface area contributed by atoms with Gasteiger partial charge in [-0.05, 0) is 39.2 Å². The third-order valence-corrected chi connectivity index (χ3v) is 4.10. The van der Waals surface area contributed by atoms with E-state index in [1.807, 2.05) is 26.8 Å². The molecule has 0 radical (unpaired) electrons. The Kier molecular flexibility index (Phi) is 8.18. The third-order valence-electron chi connectivity index (χ3n) is 4.10. The number of rotatable bonds is 9. The monoisotopic (exact) mass is 337 g/mol. The fourth-order valence-electron chi connectivity index (χ4n) is 2.60. The van der Waals surface area contributed by atoms with Crippen molar-refractivity contribution in [3.05, 3.63) is 39.4 Å². The predicted octanol–water partition coefficient (Wildman–Crippen LogP) is 2.90. The van der Waals surface area contributed by atoms with Crippen molar-refractivity contribution in [3.63, 3.8) is 0 Å². The van der Waals surface area contributed by atoms with Gasteiger partial charge in [0.15, 0.2) is 0 Å². The molecule has 24 heavy (non-hydrogen) atoms. The Morgan fingerprint density at radius 2 is 2.17 bits per heavy atom. The number of hydrogen-bond donors (Lipinski definition) is 1. The zero-order chi connectivity index (χ0) is 18.1. The number of likely N-dealkylation sites (N-methyl/N-ethyl adjacent to an activating group) is 1. The lowest BCUT2D eigenvalue weighted by atomic mass is 9.99. The Morgan fingerprint density at radius 3 is 2.75 bits per heavy atom. The third kappa shape index (κ3) is 5.81. The predicted molar refractivity (Wildman–Crippen MR) is 93.3 cm³/mol. The molecule has 1 amide bonds. The lowest BCUT2D eigenvalue weighted by Gasteiger charge is -2.21. The van der Waals surface area contributed by atoms with Gasteiger partial charge in [-0.25, -0.2) is 4.79 Å². The molecule has 0 spiro atoms. The number of carbonyl (C=O) groups is 1. The van der Waals surface area contributed by atoms with Gasteiger partial charge in [-0.15, -0.1) is 0 Å². The van der Waals surface area contributed by atoms with Gasteiger partial charge in [-0.3, -0.25) is 10.1 Å². The van der Waals surface area contributed by atoms with Crippen molar-refractivity contribution in [1.29, 1.82) is 0 Å². The standard InChI is InChI=1S/C17H27N3O4/c1-5-19(17(21)24-4)12-11-18-14(3)9-10-15-13(2)7-6-8-16(15)20(22)23/h6-8,14,18H,5,9-12H2,1-4H3. The number of nitrogens with one attached hydrogen (secondary N) is 1. The van der Waals surface area contributed by atoms with E-state index in [-0.39, 0.29) is 22.7 Å². The first-order chi connectivity index (χ1) is 11.4. The van der Waals surface area contributed by atoms with Crippen molar-refractivity contribution in [2.75, 3.05) is 26.7 Å². The van der Waals surface area contributed by atoms with E-state index >= 15 is 0 Å². The number of aryl methyl sites for hydroxylation is 1. The number of nitro groups is 1. The molecule has 0 aromatic heterocycles. The molecule has 1 atom stereocenters. The molecule has 0 saturated heterocycles. The molecular formula is C17H27N3O4. The Labute approximate surface area is 143 Å². The van der Waals surface area contributed by atoms with E-state index in [1.165, 1.54) is 7.11 Å². The van der Waals surface area contributed by atoms with Crippen molar-refractivity contribution in [2.24, 2.45) is 0 Å². The summed E-state index contributed by atoms with van der Waals surface area (Å²) in [5.41, 5.74) is 1.92. The van der Waals surface area contributed by atoms with Crippen LogP contribution in [0.15, 0.2) is 18.2 Å². The minimum atomic E-state index is -0.331. The van der Waals surface area contributed by atoms with Gasteiger partial charge in [0, 0.05) is 37.3 Å². The number of nitro benzene ring substituents is 1. The van der Waals surface area contributed by atoms with Crippen molar-refractivity contribution >= 4 is 11.8 Å². The Hall–Kier alpha value is -2.15. The summed E-state index contributed by atoms with van der Waals surface area (Å²) in [6.07, 6.45) is 1.10. The topological polar surface area (TPSA) is 84.7 Å². The maximum atomic E-state index is 11.5. The summed E-state index contributed by atoms with van der Waals surface area (Å²) in [6.45, 7) is 7.66. The van der Waals surface area contributed by atoms with Crippen molar-refractivity contribution in [1.82, 2.24) is 10.2 Å². The summed E-state index contributed by atoms with van der Waals surface area (Å²) in [7, 11) is 1.37. The van der Waals surface area contributed by atoms with Crippen LogP contribution < -0.4 is 5.32 Å². The minimum Gasteiger partial charge on any atom is -0.453 e. The highest BCUT2D eigenvalue weighted by Gasteiger charge is 2.16. The molecule has 0 bridgehead atoms. The quantitative estimate of drug-likeness (QED) is 0.553. The molecule has 1 rings (SSSR count). The first kappa shape index (κ1) is 19.9. The first-order valence-electron chi connectivity index (χ1n) is 8.19. The average molecular weight is 337 g/mol. The van der Waals surface area contributed by atoms with Crippen LogP contribution in [0.3, 0.4) is 0 Å². The fraction of sp³-hybridized carbons (Fsp3) is 0.588. The summed E-state index contributed by atoms with van der Waals surface area (Å²) >= 11 is 0. The van der Waals surface area contributed by atoms with Gasteiger partial charge in [0.25, 0.3) is 5.69 Å². The van der Waals surface area contributed by atoms with E-state index in [0.717, 1.165) is 17.5 Å². The molecule has 0 heterocycles. The number of amides is 1. The van der Waals surface area contributed by atoms with E-state index in [2.05, 4.69) is 5.32 Å². The van der Waals surface area contributed by atoms with E-state index in [4.69, 9.17) is 4.74 Å². The summed E-state index contributed by atoms with van der Waals surface area (Å²) in [6, 6.07) is 5.36. The summed E-state index contributed by atoms with van der Waals surface area (Å²) in [5.74, 6) is 0. The molecule has 1 aromatic carbocycles. The van der Waals surface area contributed by atoms with E-state index < -0.39 is 0 Å². The minimum absolute atomic E-state index is 0.185. The SMILES string of the molecule is CCN(CCNC(C)CCc1c(C)cccc1[N+](=O)[O-])C(=O)OC. The van der Waals surface area contributed by atoms with Crippen LogP contribution in [0.25, 0.3) is 0 Å². The largest absolute Gasteiger partial charge is 0.453 e. The van der Waals surface area contributed by atoms with Gasteiger partial charge in [-0.2, -0.15) is 0 Å². The normalized spacial score (nSPS) is 11.8. The van der Waals surface area contributed by atoms with Crippen molar-refractivity contribution < 1.29 is 14.5 Å². The number of ether oxygens (including phenoxy) is 1. The lowest BCUT2D eigenvalue weighted by molar-refractivity contribution is -0.385. The zero-order valence-corrected chi connectivity index (χ0v) is 14.9. The second kappa shape index (κ2) is 9.87. The van der Waals surface area contributed by atoms with Crippen LogP contribution in [0.2, 0.25) is 0 Å². The van der Waals surface area contributed by atoms with Crippen LogP contribution in [0.1, 0.15) is 31.4 Å². The number of nitrogens with zero attached hydrogens (tertiary/aromatic N) is 2. The zero-order valence-electron chi connectivity index (χ0n) is 14.9. The van der Waals surface area contributed by atoms with Crippen LogP contribution in [-0.4, -0.2) is 48.7 Å². The second-order valence-corrected chi connectivity index (χ2v) is 5.77. The van der Waals surface area contributed by atoms with Gasteiger partial charge < -0.3 is 15.0 Å². The molecular weight excluding hydrogens is 310 g/mol. The molecule has 7 nitrogen and oxygen atoms in total. The number of hydrogen-bond acceptors (Lipinski definition) is 5. The van der Waals surface area contributed by atoms with Gasteiger partial charge >= 0.3 is 6.09 Å². The fourth-order valence-corrected chi connectivity index (χ4v) is 2.60. The molecule has 134 valence electrons. The number of methoxy groups -OCH3 is 1. The average Bonchev–Trinajstić information content (AvgIpc) is 2.56. The Bertz CT molecular complexity index is 563. The van der Waals surface area contributed by atoms with Crippen molar-refractivity contribution in [2.45, 2.75) is 39.7 Å². The maximum Gasteiger partial charge on any atom is 0.409 e. The van der Waals surface area contributed by atoms with Gasteiger partial charge in [0.1, 0.15) is 0 Å². The van der Waals surface area contributed by atoms with Crippen molar-refractivity contribution in [3.8, 4) is 0 Å². The highest BCUT2D eigenvalue weighted by Crippen LogP contribution is 2.23. The molecule has 0 fully saturated rings. The van der Waals surface area contributed by atoms with Crippen LogP contribution in [0.4, 0.5) is 10.5 Å². The molecule has 7 heteroatoms.